The van der Waals surface area contributed by atoms with E-state index in [0.29, 0.717) is 23.6 Å². The third-order valence-corrected chi connectivity index (χ3v) is 5.14. The maximum absolute atomic E-state index is 12.3. The lowest BCUT2D eigenvalue weighted by atomic mass is 9.94. The van der Waals surface area contributed by atoms with Crippen LogP contribution >= 0.6 is 27.5 Å². The van der Waals surface area contributed by atoms with Crippen LogP contribution in [0.2, 0.25) is 5.02 Å². The van der Waals surface area contributed by atoms with Crippen LogP contribution in [0.4, 0.5) is 0 Å². The molecule has 22 heavy (non-hydrogen) atoms. The smallest absolute Gasteiger partial charge is 0.262 e. The van der Waals surface area contributed by atoms with Gasteiger partial charge in [-0.15, -0.1) is 0 Å². The van der Waals surface area contributed by atoms with Gasteiger partial charge in [-0.3, -0.25) is 4.79 Å². The summed E-state index contributed by atoms with van der Waals surface area (Å²) < 4.78 is 6.41. The van der Waals surface area contributed by atoms with E-state index in [2.05, 4.69) is 27.3 Å². The van der Waals surface area contributed by atoms with Gasteiger partial charge in [0.15, 0.2) is 6.10 Å². The van der Waals surface area contributed by atoms with Gasteiger partial charge in [-0.25, -0.2) is 0 Å². The van der Waals surface area contributed by atoms with Crippen molar-refractivity contribution < 1.29 is 9.53 Å². The molecule has 1 unspecified atom stereocenters. The third kappa shape index (κ3) is 4.15. The van der Waals surface area contributed by atoms with E-state index < -0.39 is 11.6 Å². The zero-order valence-corrected chi connectivity index (χ0v) is 15.5. The predicted octanol–water partition coefficient (Wildman–Crippen LogP) is 4.38. The van der Waals surface area contributed by atoms with E-state index >= 15 is 0 Å². The van der Waals surface area contributed by atoms with Crippen molar-refractivity contribution in [3.8, 4) is 11.8 Å². The van der Waals surface area contributed by atoms with Gasteiger partial charge < -0.3 is 10.1 Å². The van der Waals surface area contributed by atoms with Gasteiger partial charge in [0.1, 0.15) is 11.3 Å². The summed E-state index contributed by atoms with van der Waals surface area (Å²) in [5, 5.41) is 12.7. The number of ether oxygens (including phenoxy) is 1. The summed E-state index contributed by atoms with van der Waals surface area (Å²) in [5.74, 6) is 0.227. The van der Waals surface area contributed by atoms with Crippen LogP contribution in [0.3, 0.4) is 0 Å². The molecule has 1 N–H and O–H groups in total. The average Bonchev–Trinajstić information content (AvgIpc) is 2.53. The van der Waals surface area contributed by atoms with Crippen molar-refractivity contribution in [2.45, 2.75) is 52.2 Å². The minimum atomic E-state index is -0.845. The first-order valence-corrected chi connectivity index (χ1v) is 8.31. The van der Waals surface area contributed by atoms with E-state index in [1.165, 1.54) is 0 Å². The molecule has 0 aromatic heterocycles. The Morgan fingerprint density at radius 2 is 2.09 bits per heavy atom. The number of benzene rings is 1. The van der Waals surface area contributed by atoms with Gasteiger partial charge in [-0.05, 0) is 60.3 Å². The van der Waals surface area contributed by atoms with Crippen LogP contribution in [0.1, 0.15) is 39.2 Å². The molecule has 0 saturated heterocycles. The van der Waals surface area contributed by atoms with E-state index in [0.717, 1.165) is 10.0 Å². The van der Waals surface area contributed by atoms with Crippen LogP contribution in [0.5, 0.6) is 5.75 Å². The van der Waals surface area contributed by atoms with Crippen LogP contribution in [0.15, 0.2) is 16.6 Å². The maximum Gasteiger partial charge on any atom is 0.262 e. The van der Waals surface area contributed by atoms with Crippen molar-refractivity contribution in [3.05, 3.63) is 27.2 Å². The lowest BCUT2D eigenvalue weighted by Gasteiger charge is -2.27. The molecular weight excluding hydrogens is 368 g/mol. The molecule has 4 nitrogen and oxygen atoms in total. The normalized spacial score (nSPS) is 12.4. The Bertz CT molecular complexity index is 595. The first-order chi connectivity index (χ1) is 10.3. The molecule has 0 heterocycles. The molecule has 1 aromatic rings. The summed E-state index contributed by atoms with van der Waals surface area (Å²) in [7, 11) is 0. The number of carbonyl (C=O) groups excluding carboxylic acids is 1. The number of halogens is 2. The molecule has 120 valence electrons. The number of hydrogen-bond acceptors (Lipinski definition) is 3. The van der Waals surface area contributed by atoms with Crippen LogP contribution in [-0.2, 0) is 4.79 Å². The fourth-order valence-electron chi connectivity index (χ4n) is 1.92. The maximum atomic E-state index is 12.3. The standard InChI is InChI=1S/C16H20BrClN2O2/c1-5-16(6-2,9-19)20-15(21)11(4)22-13-8-7-12(18)10(3)14(13)17/h7-8,11H,5-6H2,1-4H3,(H,20,21). The molecule has 0 saturated carbocycles. The predicted molar refractivity (Wildman–Crippen MR) is 91.0 cm³/mol. The molecule has 0 radical (unpaired) electrons. The zero-order valence-electron chi connectivity index (χ0n) is 13.2. The van der Waals surface area contributed by atoms with Gasteiger partial charge in [0.25, 0.3) is 5.91 Å². The highest BCUT2D eigenvalue weighted by Crippen LogP contribution is 2.33. The van der Waals surface area contributed by atoms with E-state index in [1.807, 2.05) is 20.8 Å². The Morgan fingerprint density at radius 3 is 2.59 bits per heavy atom. The van der Waals surface area contributed by atoms with Gasteiger partial charge in [0.05, 0.1) is 10.5 Å². The zero-order chi connectivity index (χ0) is 16.9. The van der Waals surface area contributed by atoms with Crippen LogP contribution in [-0.4, -0.2) is 17.6 Å². The fourth-order valence-corrected chi connectivity index (χ4v) is 2.63. The highest BCUT2D eigenvalue weighted by molar-refractivity contribution is 9.10. The Balaban J connectivity index is 2.86. The first kappa shape index (κ1) is 18.8. The summed E-state index contributed by atoms with van der Waals surface area (Å²) in [4.78, 5) is 12.3. The Labute approximate surface area is 144 Å². The number of hydrogen-bond donors (Lipinski definition) is 1. The van der Waals surface area contributed by atoms with Crippen LogP contribution in [0, 0.1) is 18.3 Å². The highest BCUT2D eigenvalue weighted by atomic mass is 79.9. The monoisotopic (exact) mass is 386 g/mol. The van der Waals surface area contributed by atoms with Gasteiger partial charge in [0, 0.05) is 5.02 Å². The molecule has 0 aliphatic carbocycles. The molecule has 0 aliphatic heterocycles. The molecule has 0 aliphatic rings. The van der Waals surface area contributed by atoms with Crippen molar-refractivity contribution in [2.75, 3.05) is 0 Å². The lowest BCUT2D eigenvalue weighted by Crippen LogP contribution is -2.50. The molecule has 1 rings (SSSR count). The first-order valence-electron chi connectivity index (χ1n) is 7.14. The van der Waals surface area contributed by atoms with Crippen molar-refractivity contribution in [2.24, 2.45) is 0 Å². The van der Waals surface area contributed by atoms with Crippen molar-refractivity contribution in [1.82, 2.24) is 5.32 Å². The number of carbonyl (C=O) groups is 1. The number of amides is 1. The Hall–Kier alpha value is -1.25. The molecule has 1 amide bonds. The largest absolute Gasteiger partial charge is 0.480 e. The average molecular weight is 388 g/mol. The third-order valence-electron chi connectivity index (χ3n) is 3.74. The van der Waals surface area contributed by atoms with E-state index in [-0.39, 0.29) is 5.91 Å². The molecule has 1 aromatic carbocycles. The number of nitrogens with zero attached hydrogens (tertiary/aromatic N) is 1. The van der Waals surface area contributed by atoms with Gasteiger partial charge in [-0.1, -0.05) is 25.4 Å². The molecule has 0 spiro atoms. The minimum Gasteiger partial charge on any atom is -0.480 e. The van der Waals surface area contributed by atoms with E-state index in [1.54, 1.807) is 19.1 Å². The SMILES string of the molecule is CCC(C#N)(CC)NC(=O)C(C)Oc1ccc(Cl)c(C)c1Br. The minimum absolute atomic E-state index is 0.315. The second-order valence-corrected chi connectivity index (χ2v) is 6.34. The van der Waals surface area contributed by atoms with Crippen LogP contribution in [0.25, 0.3) is 0 Å². The van der Waals surface area contributed by atoms with Crippen molar-refractivity contribution >= 4 is 33.4 Å². The quantitative estimate of drug-likeness (QED) is 0.788. The summed E-state index contributed by atoms with van der Waals surface area (Å²) >= 11 is 9.45. The number of rotatable bonds is 6. The van der Waals surface area contributed by atoms with Gasteiger partial charge in [0.2, 0.25) is 0 Å². The van der Waals surface area contributed by atoms with Gasteiger partial charge >= 0.3 is 0 Å². The number of nitrogens with one attached hydrogen (secondary N) is 1. The molecule has 0 fully saturated rings. The fraction of sp³-hybridized carbons (Fsp3) is 0.500. The summed E-state index contributed by atoms with van der Waals surface area (Å²) in [6, 6.07) is 5.61. The second-order valence-electron chi connectivity index (χ2n) is 5.13. The lowest BCUT2D eigenvalue weighted by molar-refractivity contribution is -0.128. The highest BCUT2D eigenvalue weighted by Gasteiger charge is 2.30. The Kier molecular flexibility index (Phi) is 6.70. The second kappa shape index (κ2) is 7.85. The van der Waals surface area contributed by atoms with Crippen molar-refractivity contribution in [3.63, 3.8) is 0 Å². The van der Waals surface area contributed by atoms with Crippen LogP contribution < -0.4 is 10.1 Å². The summed E-state index contributed by atoms with van der Waals surface area (Å²) in [6.07, 6.45) is 0.368. The molecule has 1 atom stereocenters. The summed E-state index contributed by atoms with van der Waals surface area (Å²) in [6.45, 7) is 7.26. The number of nitriles is 1. The van der Waals surface area contributed by atoms with E-state index in [4.69, 9.17) is 16.3 Å². The van der Waals surface area contributed by atoms with E-state index in [9.17, 15) is 10.1 Å². The Morgan fingerprint density at radius 1 is 1.50 bits per heavy atom. The molecule has 6 heteroatoms. The van der Waals surface area contributed by atoms with Gasteiger partial charge in [-0.2, -0.15) is 5.26 Å². The molecular formula is C16H20BrClN2O2. The van der Waals surface area contributed by atoms with Crippen molar-refractivity contribution in [1.29, 1.82) is 5.26 Å². The molecule has 0 bridgehead atoms. The topological polar surface area (TPSA) is 62.1 Å². The summed E-state index contributed by atoms with van der Waals surface area (Å²) in [5.41, 5.74) is 0.00208.